The van der Waals surface area contributed by atoms with Gasteiger partial charge < -0.3 is 0 Å². The van der Waals surface area contributed by atoms with Gasteiger partial charge in [0.25, 0.3) is 0 Å². The molecule has 0 heterocycles. The molecular formula is C21H28O2. The molecule has 1 unspecified atom stereocenters. The lowest BCUT2D eigenvalue weighted by atomic mass is 9.48. The number of fused-ring (bicyclic) bond motifs is 1. The van der Waals surface area contributed by atoms with E-state index in [0.29, 0.717) is 29.2 Å². The third-order valence-electron chi connectivity index (χ3n) is 6.75. The summed E-state index contributed by atoms with van der Waals surface area (Å²) in [5.41, 5.74) is 2.67. The van der Waals surface area contributed by atoms with E-state index in [-0.39, 0.29) is 17.0 Å². The van der Waals surface area contributed by atoms with Crippen LogP contribution in [0.5, 0.6) is 0 Å². The van der Waals surface area contributed by atoms with Gasteiger partial charge in [-0.1, -0.05) is 38.8 Å². The summed E-state index contributed by atoms with van der Waals surface area (Å²) in [5, 5.41) is 0. The normalized spacial score (nSPS) is 36.3. The predicted octanol–water partition coefficient (Wildman–Crippen LogP) is 4.81. The second kappa shape index (κ2) is 5.58. The minimum atomic E-state index is -0.0530. The van der Waals surface area contributed by atoms with Gasteiger partial charge in [0, 0.05) is 5.57 Å². The minimum Gasteiger partial charge on any atom is -0.290 e. The molecule has 0 N–H and O–H groups in total. The number of allylic oxidation sites excluding steroid dienone is 6. The second-order valence-corrected chi connectivity index (χ2v) is 8.61. The Morgan fingerprint density at radius 2 is 1.87 bits per heavy atom. The molecule has 0 spiro atoms. The Morgan fingerprint density at radius 3 is 2.61 bits per heavy atom. The van der Waals surface area contributed by atoms with Crippen molar-refractivity contribution in [2.75, 3.05) is 0 Å². The van der Waals surface area contributed by atoms with Gasteiger partial charge in [0.05, 0.1) is 0 Å². The molecule has 3 atom stereocenters. The Morgan fingerprint density at radius 1 is 1.13 bits per heavy atom. The van der Waals surface area contributed by atoms with Crippen LogP contribution < -0.4 is 0 Å². The first-order valence-electron chi connectivity index (χ1n) is 8.88. The highest BCUT2D eigenvalue weighted by molar-refractivity contribution is 6.17. The third kappa shape index (κ3) is 2.77. The molecule has 0 saturated heterocycles. The molecule has 3 aliphatic rings. The fourth-order valence-corrected chi connectivity index (χ4v) is 5.47. The molecule has 3 rings (SSSR count). The first kappa shape index (κ1) is 16.4. The summed E-state index contributed by atoms with van der Waals surface area (Å²) in [4.78, 5) is 23.9. The van der Waals surface area contributed by atoms with E-state index in [2.05, 4.69) is 33.8 Å². The maximum absolute atomic E-state index is 12.2. The van der Waals surface area contributed by atoms with Crippen LogP contribution in [-0.2, 0) is 9.59 Å². The summed E-state index contributed by atoms with van der Waals surface area (Å²) in [6.45, 7) is 9.43. The van der Waals surface area contributed by atoms with Crippen LogP contribution in [0.25, 0.3) is 0 Å². The highest BCUT2D eigenvalue weighted by Gasteiger charge is 2.51. The molecule has 0 aromatic heterocycles. The molecule has 0 bridgehead atoms. The van der Waals surface area contributed by atoms with Crippen LogP contribution in [0.4, 0.5) is 0 Å². The van der Waals surface area contributed by atoms with E-state index in [4.69, 9.17) is 0 Å². The summed E-state index contributed by atoms with van der Waals surface area (Å²) in [7, 11) is 0. The van der Waals surface area contributed by atoms with Crippen LogP contribution >= 0.6 is 0 Å². The van der Waals surface area contributed by atoms with Gasteiger partial charge in [-0.2, -0.15) is 0 Å². The fourth-order valence-electron chi connectivity index (χ4n) is 5.47. The van der Waals surface area contributed by atoms with Gasteiger partial charge in [0.1, 0.15) is 0 Å². The second-order valence-electron chi connectivity index (χ2n) is 8.61. The van der Waals surface area contributed by atoms with Gasteiger partial charge in [-0.05, 0) is 73.5 Å². The van der Waals surface area contributed by atoms with Crippen LogP contribution in [-0.4, -0.2) is 11.6 Å². The summed E-state index contributed by atoms with van der Waals surface area (Å²) < 4.78 is 0. The lowest BCUT2D eigenvalue weighted by Gasteiger charge is -2.57. The zero-order chi connectivity index (χ0) is 16.8. The topological polar surface area (TPSA) is 34.1 Å². The number of carbonyl (C=O) groups excluding carboxylic acids is 2. The van der Waals surface area contributed by atoms with Gasteiger partial charge in [-0.3, -0.25) is 9.59 Å². The van der Waals surface area contributed by atoms with Crippen LogP contribution in [0.15, 0.2) is 35.5 Å². The molecule has 0 amide bonds. The zero-order valence-electron chi connectivity index (χ0n) is 14.8. The molecule has 2 heteroatoms. The summed E-state index contributed by atoms with van der Waals surface area (Å²) in [6, 6.07) is 0. The van der Waals surface area contributed by atoms with Crippen molar-refractivity contribution in [3.05, 3.63) is 35.5 Å². The van der Waals surface area contributed by atoms with Gasteiger partial charge >= 0.3 is 0 Å². The third-order valence-corrected chi connectivity index (χ3v) is 6.75. The van der Waals surface area contributed by atoms with Gasteiger partial charge in [-0.25, -0.2) is 0 Å². The quantitative estimate of drug-likeness (QED) is 0.541. The van der Waals surface area contributed by atoms with Crippen LogP contribution in [0.1, 0.15) is 59.8 Å². The molecule has 23 heavy (non-hydrogen) atoms. The number of hydrogen-bond acceptors (Lipinski definition) is 2. The van der Waals surface area contributed by atoms with Crippen molar-refractivity contribution in [1.82, 2.24) is 0 Å². The Bertz CT molecular complexity index is 632. The Kier molecular flexibility index (Phi) is 3.98. The average Bonchev–Trinajstić information content (AvgIpc) is 2.45. The molecule has 0 aliphatic heterocycles. The molecule has 3 aliphatic carbocycles. The van der Waals surface area contributed by atoms with Gasteiger partial charge in [-0.15, -0.1) is 0 Å². The summed E-state index contributed by atoms with van der Waals surface area (Å²) in [6.07, 6.45) is 12.4. The molecule has 0 aromatic carbocycles. The Labute approximate surface area is 139 Å². The molecule has 2 nitrogen and oxygen atoms in total. The zero-order valence-corrected chi connectivity index (χ0v) is 14.8. The van der Waals surface area contributed by atoms with Gasteiger partial charge in [0.2, 0.25) is 0 Å². The van der Waals surface area contributed by atoms with E-state index in [1.165, 1.54) is 37.0 Å². The van der Waals surface area contributed by atoms with Crippen molar-refractivity contribution in [2.45, 2.75) is 59.8 Å². The van der Waals surface area contributed by atoms with Crippen molar-refractivity contribution in [1.29, 1.82) is 0 Å². The van der Waals surface area contributed by atoms with Crippen molar-refractivity contribution in [2.24, 2.45) is 22.7 Å². The Hall–Kier alpha value is -1.44. The first-order valence-corrected chi connectivity index (χ1v) is 8.88. The predicted molar refractivity (Wildman–Crippen MR) is 92.9 cm³/mol. The number of ketones is 2. The van der Waals surface area contributed by atoms with E-state index in [9.17, 15) is 9.59 Å². The average molecular weight is 312 g/mol. The number of rotatable bonds is 2. The number of carbonyl (C=O) groups is 2. The molecule has 124 valence electrons. The van der Waals surface area contributed by atoms with Gasteiger partial charge in [0.15, 0.2) is 11.6 Å². The van der Waals surface area contributed by atoms with E-state index in [1.807, 2.05) is 0 Å². The van der Waals surface area contributed by atoms with Crippen molar-refractivity contribution >= 4 is 11.6 Å². The standard InChI is InChI=1S/C21H28O2/c1-14-6-9-19-20(2,3)10-5-11-21(19,4)17(14)13-15-12-16(22)7-8-18(15)23/h6-8,12,17,19H,5,9-11,13H2,1-4H3/t17-,19?,21+/m0/s1. The highest BCUT2D eigenvalue weighted by atomic mass is 16.1. The van der Waals surface area contributed by atoms with Crippen LogP contribution in [0.3, 0.4) is 0 Å². The van der Waals surface area contributed by atoms with Crippen molar-refractivity contribution in [3.63, 3.8) is 0 Å². The minimum absolute atomic E-state index is 0.0122. The van der Waals surface area contributed by atoms with E-state index in [1.54, 1.807) is 6.08 Å². The largest absolute Gasteiger partial charge is 0.290 e. The monoisotopic (exact) mass is 312 g/mol. The molecule has 1 fully saturated rings. The van der Waals surface area contributed by atoms with E-state index < -0.39 is 0 Å². The summed E-state index contributed by atoms with van der Waals surface area (Å²) in [5.74, 6) is 0.985. The SMILES string of the molecule is CC1=CCC2C(C)(C)CCC[C@]2(C)[C@H]1CC1=CC(=O)C=CC1=O. The molecular weight excluding hydrogens is 284 g/mol. The Balaban J connectivity index is 1.94. The highest BCUT2D eigenvalue weighted by Crippen LogP contribution is 2.60. The maximum atomic E-state index is 12.2. The number of hydrogen-bond donors (Lipinski definition) is 0. The van der Waals surface area contributed by atoms with Crippen molar-refractivity contribution < 1.29 is 9.59 Å². The van der Waals surface area contributed by atoms with Crippen molar-refractivity contribution in [3.8, 4) is 0 Å². The molecule has 0 radical (unpaired) electrons. The summed E-state index contributed by atoms with van der Waals surface area (Å²) >= 11 is 0. The maximum Gasteiger partial charge on any atom is 0.182 e. The molecule has 0 aromatic rings. The lowest BCUT2D eigenvalue weighted by molar-refractivity contribution is -0.115. The first-order chi connectivity index (χ1) is 10.7. The van der Waals surface area contributed by atoms with E-state index >= 15 is 0 Å². The fraction of sp³-hybridized carbons (Fsp3) is 0.619. The van der Waals surface area contributed by atoms with E-state index in [0.717, 1.165) is 6.42 Å². The van der Waals surface area contributed by atoms with Crippen LogP contribution in [0.2, 0.25) is 0 Å². The molecule has 1 saturated carbocycles. The van der Waals surface area contributed by atoms with Crippen LogP contribution in [0, 0.1) is 22.7 Å². The lowest BCUT2D eigenvalue weighted by Crippen LogP contribution is -2.48. The smallest absolute Gasteiger partial charge is 0.182 e.